The zero-order valence-corrected chi connectivity index (χ0v) is 15.5. The number of aryl methyl sites for hydroxylation is 1. The number of carbonyl (C=O) groups excluding carboxylic acids is 1. The van der Waals surface area contributed by atoms with Crippen LogP contribution in [0.1, 0.15) is 10.4 Å². The first-order chi connectivity index (χ1) is 12.3. The minimum atomic E-state index is -3.39. The Labute approximate surface area is 155 Å². The molecule has 0 radical (unpaired) electrons. The van der Waals surface area contributed by atoms with Gasteiger partial charge in [-0.25, -0.2) is 8.42 Å². The maximum atomic E-state index is 12.5. The van der Waals surface area contributed by atoms with E-state index in [1.165, 1.54) is 18.2 Å². The quantitative estimate of drug-likeness (QED) is 0.739. The lowest BCUT2D eigenvalue weighted by atomic mass is 10.1. The summed E-state index contributed by atoms with van der Waals surface area (Å²) in [6.07, 6.45) is 2.67. The summed E-state index contributed by atoms with van der Waals surface area (Å²) in [7, 11) is -1.57. The second kappa shape index (κ2) is 6.89. The van der Waals surface area contributed by atoms with E-state index in [0.29, 0.717) is 11.5 Å². The van der Waals surface area contributed by atoms with E-state index in [2.05, 4.69) is 15.5 Å². The van der Waals surface area contributed by atoms with Crippen LogP contribution in [0.5, 0.6) is 0 Å². The molecule has 0 fully saturated rings. The number of anilines is 1. The Kier molecular flexibility index (Phi) is 4.80. The molecule has 9 heteroatoms. The minimum Gasteiger partial charge on any atom is -0.322 e. The van der Waals surface area contributed by atoms with Gasteiger partial charge in [0.05, 0.1) is 15.5 Å². The first kappa shape index (κ1) is 18.1. The highest BCUT2D eigenvalue weighted by Gasteiger charge is 2.15. The Morgan fingerprint density at radius 1 is 1.19 bits per heavy atom. The number of aromatic nitrogens is 3. The van der Waals surface area contributed by atoms with Gasteiger partial charge in [0.25, 0.3) is 5.91 Å². The minimum absolute atomic E-state index is 0.0586. The number of carbonyl (C=O) groups is 1. The van der Waals surface area contributed by atoms with E-state index >= 15 is 0 Å². The summed E-state index contributed by atoms with van der Waals surface area (Å²) in [6, 6.07) is 11.1. The molecule has 1 aromatic heterocycles. The molecule has 0 aliphatic rings. The predicted octanol–water partition coefficient (Wildman–Crippen LogP) is 2.79. The highest BCUT2D eigenvalue weighted by atomic mass is 35.5. The zero-order chi connectivity index (χ0) is 18.9. The lowest BCUT2D eigenvalue weighted by molar-refractivity contribution is 0.102. The van der Waals surface area contributed by atoms with Gasteiger partial charge in [-0.2, -0.15) is 0 Å². The summed E-state index contributed by atoms with van der Waals surface area (Å²) in [6.45, 7) is 0. The summed E-state index contributed by atoms with van der Waals surface area (Å²) in [4.78, 5) is 12.5. The van der Waals surface area contributed by atoms with Gasteiger partial charge >= 0.3 is 0 Å². The summed E-state index contributed by atoms with van der Waals surface area (Å²) in [5.74, 6) is 0.224. The van der Waals surface area contributed by atoms with Crippen molar-refractivity contribution in [2.24, 2.45) is 7.05 Å². The molecule has 2 aromatic carbocycles. The monoisotopic (exact) mass is 390 g/mol. The molecule has 0 aliphatic carbocycles. The van der Waals surface area contributed by atoms with Crippen LogP contribution >= 0.6 is 11.6 Å². The van der Waals surface area contributed by atoms with Crippen LogP contribution in [-0.2, 0) is 16.9 Å². The van der Waals surface area contributed by atoms with Gasteiger partial charge < -0.3 is 9.88 Å². The molecule has 0 unspecified atom stereocenters. The Bertz CT molecular complexity index is 1090. The van der Waals surface area contributed by atoms with Crippen LogP contribution in [0.25, 0.3) is 11.4 Å². The van der Waals surface area contributed by atoms with Gasteiger partial charge in [-0.05, 0) is 30.3 Å². The molecule has 0 saturated carbocycles. The van der Waals surface area contributed by atoms with E-state index in [4.69, 9.17) is 11.6 Å². The van der Waals surface area contributed by atoms with Crippen LogP contribution < -0.4 is 5.32 Å². The maximum Gasteiger partial charge on any atom is 0.257 e. The average molecular weight is 391 g/mol. The Morgan fingerprint density at radius 3 is 2.58 bits per heavy atom. The fourth-order valence-electron chi connectivity index (χ4n) is 2.39. The zero-order valence-electron chi connectivity index (χ0n) is 14.0. The SMILES string of the molecule is Cn1cnnc1-c1cccc(NC(=O)c2ccc(S(C)(=O)=O)cc2Cl)c1. The van der Waals surface area contributed by atoms with Gasteiger partial charge in [0, 0.05) is 24.6 Å². The molecule has 0 spiro atoms. The summed E-state index contributed by atoms with van der Waals surface area (Å²) < 4.78 is 24.9. The number of hydrogen-bond acceptors (Lipinski definition) is 5. The highest BCUT2D eigenvalue weighted by molar-refractivity contribution is 7.90. The second-order valence-corrected chi connectivity index (χ2v) is 8.14. The number of nitrogens with zero attached hydrogens (tertiary/aromatic N) is 3. The molecule has 1 N–H and O–H groups in total. The Morgan fingerprint density at radius 2 is 1.96 bits per heavy atom. The van der Waals surface area contributed by atoms with E-state index in [1.54, 1.807) is 29.1 Å². The lowest BCUT2D eigenvalue weighted by Gasteiger charge is -2.09. The molecule has 3 rings (SSSR count). The van der Waals surface area contributed by atoms with Crippen LogP contribution in [0.2, 0.25) is 5.02 Å². The van der Waals surface area contributed by atoms with Gasteiger partial charge in [0.1, 0.15) is 6.33 Å². The van der Waals surface area contributed by atoms with Crippen LogP contribution in [0, 0.1) is 0 Å². The molecular weight excluding hydrogens is 376 g/mol. The largest absolute Gasteiger partial charge is 0.322 e. The first-order valence-electron chi connectivity index (χ1n) is 7.51. The number of rotatable bonds is 4. The van der Waals surface area contributed by atoms with E-state index in [-0.39, 0.29) is 15.5 Å². The maximum absolute atomic E-state index is 12.5. The molecule has 0 atom stereocenters. The van der Waals surface area contributed by atoms with Crippen molar-refractivity contribution in [2.75, 3.05) is 11.6 Å². The molecule has 134 valence electrons. The molecule has 0 saturated heterocycles. The van der Waals surface area contributed by atoms with E-state index in [0.717, 1.165) is 11.8 Å². The fraction of sp³-hybridized carbons (Fsp3) is 0.118. The summed E-state index contributed by atoms with van der Waals surface area (Å²) in [5.41, 5.74) is 1.53. The molecule has 7 nitrogen and oxygen atoms in total. The molecule has 1 amide bonds. The Hall–Kier alpha value is -2.71. The van der Waals surface area contributed by atoms with Gasteiger partial charge in [0.2, 0.25) is 0 Å². The number of halogens is 1. The van der Waals surface area contributed by atoms with Gasteiger partial charge in [0.15, 0.2) is 15.7 Å². The average Bonchev–Trinajstić information content (AvgIpc) is 3.00. The van der Waals surface area contributed by atoms with E-state index in [9.17, 15) is 13.2 Å². The molecule has 26 heavy (non-hydrogen) atoms. The topological polar surface area (TPSA) is 93.9 Å². The standard InChI is InChI=1S/C17H15ClN4O3S/c1-22-10-19-21-16(22)11-4-3-5-12(8-11)20-17(23)14-7-6-13(9-15(14)18)26(2,24)25/h3-10H,1-2H3,(H,20,23). The van der Waals surface area contributed by atoms with Crippen molar-refractivity contribution in [2.45, 2.75) is 4.90 Å². The van der Waals surface area contributed by atoms with Crippen molar-refractivity contribution in [3.63, 3.8) is 0 Å². The van der Waals surface area contributed by atoms with Crippen molar-refractivity contribution in [3.05, 3.63) is 59.4 Å². The molecule has 0 aliphatic heterocycles. The van der Waals surface area contributed by atoms with Crippen LogP contribution in [-0.4, -0.2) is 35.3 Å². The number of benzene rings is 2. The van der Waals surface area contributed by atoms with Crippen molar-refractivity contribution >= 4 is 33.0 Å². The number of sulfone groups is 1. The Balaban J connectivity index is 1.86. The summed E-state index contributed by atoms with van der Waals surface area (Å²) >= 11 is 6.08. The summed E-state index contributed by atoms with van der Waals surface area (Å²) in [5, 5.41) is 10.7. The van der Waals surface area contributed by atoms with Crippen molar-refractivity contribution < 1.29 is 13.2 Å². The van der Waals surface area contributed by atoms with Crippen LogP contribution in [0.15, 0.2) is 53.7 Å². The molecular formula is C17H15ClN4O3S. The third kappa shape index (κ3) is 3.76. The third-order valence-electron chi connectivity index (χ3n) is 3.70. The fourth-order valence-corrected chi connectivity index (χ4v) is 3.37. The number of hydrogen-bond donors (Lipinski definition) is 1. The smallest absolute Gasteiger partial charge is 0.257 e. The first-order valence-corrected chi connectivity index (χ1v) is 9.78. The van der Waals surface area contributed by atoms with Crippen molar-refractivity contribution in [1.82, 2.24) is 14.8 Å². The lowest BCUT2D eigenvalue weighted by Crippen LogP contribution is -2.13. The second-order valence-electron chi connectivity index (χ2n) is 5.71. The third-order valence-corrected chi connectivity index (χ3v) is 5.13. The van der Waals surface area contributed by atoms with E-state index in [1.807, 2.05) is 13.1 Å². The normalized spacial score (nSPS) is 11.3. The van der Waals surface area contributed by atoms with Gasteiger partial charge in [-0.15, -0.1) is 10.2 Å². The van der Waals surface area contributed by atoms with Crippen LogP contribution in [0.4, 0.5) is 5.69 Å². The number of nitrogens with one attached hydrogen (secondary N) is 1. The predicted molar refractivity (Wildman–Crippen MR) is 99.0 cm³/mol. The van der Waals surface area contributed by atoms with Crippen molar-refractivity contribution in [3.8, 4) is 11.4 Å². The van der Waals surface area contributed by atoms with Gasteiger partial charge in [-0.1, -0.05) is 23.7 Å². The van der Waals surface area contributed by atoms with Crippen LogP contribution in [0.3, 0.4) is 0 Å². The molecule has 3 aromatic rings. The number of amides is 1. The highest BCUT2D eigenvalue weighted by Crippen LogP contribution is 2.24. The van der Waals surface area contributed by atoms with Gasteiger partial charge in [-0.3, -0.25) is 4.79 Å². The van der Waals surface area contributed by atoms with Crippen molar-refractivity contribution in [1.29, 1.82) is 0 Å². The van der Waals surface area contributed by atoms with E-state index < -0.39 is 15.7 Å². The molecule has 0 bridgehead atoms. The molecule has 1 heterocycles.